The van der Waals surface area contributed by atoms with Crippen LogP contribution < -0.4 is 4.90 Å². The van der Waals surface area contributed by atoms with Crippen LogP contribution in [0, 0.1) is 6.92 Å². The zero-order valence-corrected chi connectivity index (χ0v) is 14.8. The lowest BCUT2D eigenvalue weighted by molar-refractivity contribution is -0.148. The summed E-state index contributed by atoms with van der Waals surface area (Å²) in [6, 6.07) is 6.37. The van der Waals surface area contributed by atoms with Gasteiger partial charge in [0.15, 0.2) is 0 Å². The van der Waals surface area contributed by atoms with Gasteiger partial charge < -0.3 is 14.5 Å². The van der Waals surface area contributed by atoms with Gasteiger partial charge in [0, 0.05) is 37.4 Å². The van der Waals surface area contributed by atoms with Crippen molar-refractivity contribution in [3.63, 3.8) is 0 Å². The van der Waals surface area contributed by atoms with Gasteiger partial charge in [-0.1, -0.05) is 18.2 Å². The van der Waals surface area contributed by atoms with Crippen molar-refractivity contribution >= 4 is 23.1 Å². The summed E-state index contributed by atoms with van der Waals surface area (Å²) >= 11 is 0. The smallest absolute Gasteiger partial charge is 0.315 e. The van der Waals surface area contributed by atoms with E-state index in [1.165, 1.54) is 5.56 Å². The van der Waals surface area contributed by atoms with E-state index in [-0.39, 0.29) is 12.3 Å². The maximum Gasteiger partial charge on any atom is 0.315 e. The Morgan fingerprint density at radius 1 is 1.21 bits per heavy atom. The van der Waals surface area contributed by atoms with E-state index in [1.807, 2.05) is 6.92 Å². The lowest BCUT2D eigenvalue weighted by atomic mass is 10.0. The lowest BCUT2D eigenvalue weighted by Gasteiger charge is -2.37. The maximum absolute atomic E-state index is 12.1. The summed E-state index contributed by atoms with van der Waals surface area (Å²) in [6.07, 6.45) is -0.171. The molecule has 0 N–H and O–H groups in total. The summed E-state index contributed by atoms with van der Waals surface area (Å²) < 4.78 is 4.84. The summed E-state index contributed by atoms with van der Waals surface area (Å²) in [7, 11) is 0. The van der Waals surface area contributed by atoms with Crippen molar-refractivity contribution in [2.45, 2.75) is 27.2 Å². The molecule has 0 unspecified atom stereocenters. The number of rotatable bonds is 5. The molecule has 24 heavy (non-hydrogen) atoms. The Bertz CT molecular complexity index is 631. The number of allylic oxidation sites excluding steroid dienone is 1. The molecule has 1 aliphatic heterocycles. The highest BCUT2D eigenvalue weighted by atomic mass is 16.5. The molecule has 1 amide bonds. The van der Waals surface area contributed by atoms with E-state index >= 15 is 0 Å². The molecule has 130 valence electrons. The van der Waals surface area contributed by atoms with E-state index in [4.69, 9.17) is 4.74 Å². The van der Waals surface area contributed by atoms with Crippen LogP contribution in [0.1, 0.15) is 31.4 Å². The largest absolute Gasteiger partial charge is 0.466 e. The fourth-order valence-electron chi connectivity index (χ4n) is 2.91. The molecule has 0 radical (unpaired) electrons. The van der Waals surface area contributed by atoms with Crippen molar-refractivity contribution in [3.05, 3.63) is 35.9 Å². The molecule has 0 atom stereocenters. The predicted octanol–water partition coefficient (Wildman–Crippen LogP) is 2.63. The van der Waals surface area contributed by atoms with E-state index in [1.54, 1.807) is 11.8 Å². The van der Waals surface area contributed by atoms with Gasteiger partial charge >= 0.3 is 5.97 Å². The molecular formula is C19H26N2O3. The molecule has 0 aliphatic carbocycles. The first-order valence-electron chi connectivity index (χ1n) is 8.37. The Kier molecular flexibility index (Phi) is 6.01. The lowest BCUT2D eigenvalue weighted by Crippen LogP contribution is -2.49. The number of carbonyl (C=O) groups excluding carboxylic acids is 2. The summed E-state index contributed by atoms with van der Waals surface area (Å²) in [5, 5.41) is 0. The second-order valence-corrected chi connectivity index (χ2v) is 6.15. The fraction of sp³-hybridized carbons (Fsp3) is 0.474. The first-order chi connectivity index (χ1) is 11.4. The molecule has 2 rings (SSSR count). The topological polar surface area (TPSA) is 49.9 Å². The van der Waals surface area contributed by atoms with Gasteiger partial charge in [-0.2, -0.15) is 0 Å². The summed E-state index contributed by atoms with van der Waals surface area (Å²) in [6.45, 7) is 12.9. The number of ether oxygens (including phenoxy) is 1. The molecule has 1 aliphatic rings. The van der Waals surface area contributed by atoms with Gasteiger partial charge in [-0.05, 0) is 38.5 Å². The van der Waals surface area contributed by atoms with Crippen LogP contribution in [0.4, 0.5) is 5.69 Å². The number of benzene rings is 1. The molecule has 5 nitrogen and oxygen atoms in total. The van der Waals surface area contributed by atoms with Gasteiger partial charge in [0.1, 0.15) is 6.42 Å². The minimum absolute atomic E-state index is 0.155. The molecule has 0 aromatic heterocycles. The van der Waals surface area contributed by atoms with Crippen LogP contribution in [-0.2, 0) is 14.3 Å². The number of amides is 1. The van der Waals surface area contributed by atoms with Gasteiger partial charge in [0.2, 0.25) is 5.91 Å². The van der Waals surface area contributed by atoms with Gasteiger partial charge in [0.25, 0.3) is 0 Å². The van der Waals surface area contributed by atoms with E-state index in [0.717, 1.165) is 29.9 Å². The van der Waals surface area contributed by atoms with E-state index in [2.05, 4.69) is 36.6 Å². The first kappa shape index (κ1) is 18.0. The van der Waals surface area contributed by atoms with E-state index in [0.29, 0.717) is 19.7 Å². The zero-order chi connectivity index (χ0) is 17.7. The van der Waals surface area contributed by atoms with Crippen molar-refractivity contribution in [3.8, 4) is 0 Å². The zero-order valence-electron chi connectivity index (χ0n) is 14.8. The van der Waals surface area contributed by atoms with Crippen molar-refractivity contribution in [1.82, 2.24) is 4.90 Å². The number of piperazine rings is 1. The van der Waals surface area contributed by atoms with E-state index < -0.39 is 5.97 Å². The number of carbonyl (C=O) groups is 2. The van der Waals surface area contributed by atoms with Crippen LogP contribution in [0.2, 0.25) is 0 Å². The van der Waals surface area contributed by atoms with Gasteiger partial charge in [-0.15, -0.1) is 0 Å². The maximum atomic E-state index is 12.1. The molecule has 1 fully saturated rings. The third-order valence-electron chi connectivity index (χ3n) is 4.19. The quantitative estimate of drug-likeness (QED) is 0.615. The minimum atomic E-state index is -0.451. The Labute approximate surface area is 143 Å². The Morgan fingerprint density at radius 3 is 2.46 bits per heavy atom. The summed E-state index contributed by atoms with van der Waals surface area (Å²) in [5.41, 5.74) is 4.56. The highest BCUT2D eigenvalue weighted by Crippen LogP contribution is 2.28. The Balaban J connectivity index is 1.99. The molecule has 5 heteroatoms. The standard InChI is InChI=1S/C19H26N2O3/c1-5-24-19(23)13-18(22)21-10-8-20(9-11-21)17-7-6-15(4)12-16(17)14(2)3/h6-7,12H,2,5,8-11,13H2,1,3-4H3. The third kappa shape index (κ3) is 4.37. The molecule has 1 aromatic carbocycles. The van der Waals surface area contributed by atoms with Gasteiger partial charge in [-0.25, -0.2) is 0 Å². The van der Waals surface area contributed by atoms with Crippen LogP contribution in [0.5, 0.6) is 0 Å². The van der Waals surface area contributed by atoms with Crippen LogP contribution >= 0.6 is 0 Å². The second kappa shape index (κ2) is 7.99. The number of nitrogens with zero attached hydrogens (tertiary/aromatic N) is 2. The fourth-order valence-corrected chi connectivity index (χ4v) is 2.91. The summed E-state index contributed by atoms with van der Waals surface area (Å²) in [5.74, 6) is -0.606. The SMILES string of the molecule is C=C(C)c1cc(C)ccc1N1CCN(C(=O)CC(=O)OCC)CC1. The molecule has 1 saturated heterocycles. The highest BCUT2D eigenvalue weighted by molar-refractivity contribution is 5.94. The van der Waals surface area contributed by atoms with Crippen molar-refractivity contribution in [1.29, 1.82) is 0 Å². The number of aryl methyl sites for hydroxylation is 1. The van der Waals surface area contributed by atoms with Crippen LogP contribution in [0.3, 0.4) is 0 Å². The average Bonchev–Trinajstić information content (AvgIpc) is 2.55. The Hall–Kier alpha value is -2.30. The second-order valence-electron chi connectivity index (χ2n) is 6.15. The minimum Gasteiger partial charge on any atom is -0.466 e. The van der Waals surface area contributed by atoms with Crippen molar-refractivity contribution < 1.29 is 14.3 Å². The highest BCUT2D eigenvalue weighted by Gasteiger charge is 2.24. The average molecular weight is 330 g/mol. The normalized spacial score (nSPS) is 14.5. The Morgan fingerprint density at radius 2 is 1.88 bits per heavy atom. The number of esters is 1. The number of hydrogen-bond donors (Lipinski definition) is 0. The summed E-state index contributed by atoms with van der Waals surface area (Å²) in [4.78, 5) is 27.6. The molecule has 0 saturated carbocycles. The first-order valence-corrected chi connectivity index (χ1v) is 8.37. The molecule has 0 bridgehead atoms. The van der Waals surface area contributed by atoms with Crippen LogP contribution in [0.15, 0.2) is 24.8 Å². The van der Waals surface area contributed by atoms with Crippen LogP contribution in [-0.4, -0.2) is 49.6 Å². The molecule has 1 heterocycles. The van der Waals surface area contributed by atoms with E-state index in [9.17, 15) is 9.59 Å². The predicted molar refractivity (Wildman–Crippen MR) is 95.9 cm³/mol. The van der Waals surface area contributed by atoms with Crippen molar-refractivity contribution in [2.24, 2.45) is 0 Å². The third-order valence-corrected chi connectivity index (χ3v) is 4.19. The number of hydrogen-bond acceptors (Lipinski definition) is 4. The monoisotopic (exact) mass is 330 g/mol. The molecule has 0 spiro atoms. The van der Waals surface area contributed by atoms with Crippen LogP contribution in [0.25, 0.3) is 5.57 Å². The van der Waals surface area contributed by atoms with Crippen molar-refractivity contribution in [2.75, 3.05) is 37.7 Å². The van der Waals surface area contributed by atoms with Gasteiger partial charge in [-0.3, -0.25) is 9.59 Å². The molecule has 1 aromatic rings. The molecular weight excluding hydrogens is 304 g/mol. The van der Waals surface area contributed by atoms with Gasteiger partial charge in [0.05, 0.1) is 6.61 Å². The number of anilines is 1.